The lowest BCUT2D eigenvalue weighted by molar-refractivity contribution is -0.0718. The molecule has 0 fully saturated rings. The van der Waals surface area contributed by atoms with Crippen molar-refractivity contribution in [2.75, 3.05) is 6.61 Å². The SMILES string of the molecule is Cl.N[C@@H](c1c(F)cccc1Cl)C(F)(F)CO. The van der Waals surface area contributed by atoms with E-state index in [0.29, 0.717) is 0 Å². The minimum atomic E-state index is -3.61. The van der Waals surface area contributed by atoms with Gasteiger partial charge in [-0.2, -0.15) is 0 Å². The number of nitrogens with two attached hydrogens (primary N) is 1. The van der Waals surface area contributed by atoms with E-state index < -0.39 is 30.0 Å². The molecule has 1 rings (SSSR count). The van der Waals surface area contributed by atoms with Gasteiger partial charge in [-0.3, -0.25) is 0 Å². The fraction of sp³-hybridized carbons (Fsp3) is 0.333. The second kappa shape index (κ2) is 5.72. The predicted octanol–water partition coefficient (Wildman–Crippen LogP) is 2.53. The van der Waals surface area contributed by atoms with Crippen LogP contribution in [0.1, 0.15) is 11.6 Å². The summed E-state index contributed by atoms with van der Waals surface area (Å²) < 4.78 is 39.2. The van der Waals surface area contributed by atoms with Gasteiger partial charge in [0.25, 0.3) is 5.92 Å². The van der Waals surface area contributed by atoms with Gasteiger partial charge in [0.15, 0.2) is 0 Å². The van der Waals surface area contributed by atoms with Crippen LogP contribution >= 0.6 is 24.0 Å². The molecule has 0 aromatic heterocycles. The van der Waals surface area contributed by atoms with Crippen molar-refractivity contribution in [3.05, 3.63) is 34.6 Å². The number of benzene rings is 1. The van der Waals surface area contributed by atoms with Crippen LogP contribution in [-0.4, -0.2) is 17.6 Å². The number of hydrogen-bond donors (Lipinski definition) is 2. The van der Waals surface area contributed by atoms with E-state index in [-0.39, 0.29) is 17.4 Å². The van der Waals surface area contributed by atoms with E-state index in [1.165, 1.54) is 12.1 Å². The first-order chi connectivity index (χ1) is 6.90. The first kappa shape index (κ1) is 15.5. The van der Waals surface area contributed by atoms with E-state index in [1.54, 1.807) is 0 Å². The Balaban J connectivity index is 0.00000225. The predicted molar refractivity (Wildman–Crippen MR) is 57.6 cm³/mol. The van der Waals surface area contributed by atoms with Crippen molar-refractivity contribution in [3.8, 4) is 0 Å². The molecule has 2 nitrogen and oxygen atoms in total. The van der Waals surface area contributed by atoms with Crippen LogP contribution in [0.3, 0.4) is 0 Å². The van der Waals surface area contributed by atoms with Gasteiger partial charge in [0.1, 0.15) is 18.5 Å². The van der Waals surface area contributed by atoms with Crippen LogP contribution in [0.2, 0.25) is 5.02 Å². The van der Waals surface area contributed by atoms with Crippen LogP contribution in [0.15, 0.2) is 18.2 Å². The molecule has 0 aliphatic heterocycles. The zero-order chi connectivity index (χ0) is 11.6. The summed E-state index contributed by atoms with van der Waals surface area (Å²) in [7, 11) is 0. The lowest BCUT2D eigenvalue weighted by Crippen LogP contribution is -2.37. The maximum Gasteiger partial charge on any atom is 0.289 e. The molecule has 0 heterocycles. The quantitative estimate of drug-likeness (QED) is 0.891. The highest BCUT2D eigenvalue weighted by molar-refractivity contribution is 6.31. The van der Waals surface area contributed by atoms with Crippen molar-refractivity contribution < 1.29 is 18.3 Å². The molecule has 1 aromatic rings. The Kier molecular flexibility index (Phi) is 5.55. The normalized spacial score (nSPS) is 13.1. The highest BCUT2D eigenvalue weighted by atomic mass is 35.5. The van der Waals surface area contributed by atoms with Gasteiger partial charge in [-0.15, -0.1) is 12.4 Å². The van der Waals surface area contributed by atoms with E-state index in [0.717, 1.165) is 6.07 Å². The van der Waals surface area contributed by atoms with Gasteiger partial charge < -0.3 is 10.8 Å². The summed E-state index contributed by atoms with van der Waals surface area (Å²) in [6.07, 6.45) is 0. The highest BCUT2D eigenvalue weighted by Gasteiger charge is 2.39. The zero-order valence-corrected chi connectivity index (χ0v) is 9.53. The maximum atomic E-state index is 13.2. The van der Waals surface area contributed by atoms with Gasteiger partial charge in [-0.25, -0.2) is 13.2 Å². The Morgan fingerprint density at radius 3 is 2.44 bits per heavy atom. The minimum absolute atomic E-state index is 0. The Labute approximate surface area is 102 Å². The number of halogens is 5. The van der Waals surface area contributed by atoms with E-state index in [2.05, 4.69) is 0 Å². The molecule has 0 saturated carbocycles. The van der Waals surface area contributed by atoms with Crippen LogP contribution in [0.4, 0.5) is 13.2 Å². The van der Waals surface area contributed by atoms with Gasteiger partial charge >= 0.3 is 0 Å². The van der Waals surface area contributed by atoms with Gasteiger partial charge in [-0.05, 0) is 12.1 Å². The van der Waals surface area contributed by atoms with Gasteiger partial charge in [0.05, 0.1) is 0 Å². The number of rotatable bonds is 3. The van der Waals surface area contributed by atoms with Gasteiger partial charge in [0, 0.05) is 10.6 Å². The molecule has 7 heteroatoms. The van der Waals surface area contributed by atoms with Crippen LogP contribution in [0.5, 0.6) is 0 Å². The molecular formula is C9H10Cl2F3NO. The molecule has 0 saturated heterocycles. The summed E-state index contributed by atoms with van der Waals surface area (Å²) in [6, 6.07) is 1.56. The monoisotopic (exact) mass is 275 g/mol. The Morgan fingerprint density at radius 2 is 2.00 bits per heavy atom. The molecule has 1 aromatic carbocycles. The standard InChI is InChI=1S/C9H9ClF3NO.ClH/c10-5-2-1-3-6(11)7(5)8(14)9(12,13)4-15;/h1-3,8,15H,4,14H2;1H/t8-;/m0./s1. The van der Waals surface area contributed by atoms with Crippen LogP contribution < -0.4 is 5.73 Å². The molecule has 3 N–H and O–H groups in total. The van der Waals surface area contributed by atoms with Crippen molar-refractivity contribution in [1.29, 1.82) is 0 Å². The van der Waals surface area contributed by atoms with Crippen molar-refractivity contribution in [1.82, 2.24) is 0 Å². The molecule has 0 unspecified atom stereocenters. The molecule has 0 spiro atoms. The fourth-order valence-electron chi connectivity index (χ4n) is 1.12. The van der Waals surface area contributed by atoms with Crippen LogP contribution in [0, 0.1) is 5.82 Å². The first-order valence-corrected chi connectivity index (χ1v) is 4.46. The molecule has 0 amide bonds. The van der Waals surface area contributed by atoms with E-state index in [9.17, 15) is 13.2 Å². The highest BCUT2D eigenvalue weighted by Crippen LogP contribution is 2.34. The lowest BCUT2D eigenvalue weighted by atomic mass is 10.0. The molecular weight excluding hydrogens is 266 g/mol. The zero-order valence-electron chi connectivity index (χ0n) is 7.96. The second-order valence-corrected chi connectivity index (χ2v) is 3.44. The van der Waals surface area contributed by atoms with E-state index >= 15 is 0 Å². The van der Waals surface area contributed by atoms with Crippen molar-refractivity contribution in [2.24, 2.45) is 5.73 Å². The molecule has 16 heavy (non-hydrogen) atoms. The number of aliphatic hydroxyl groups excluding tert-OH is 1. The summed E-state index contributed by atoms with van der Waals surface area (Å²) >= 11 is 5.55. The first-order valence-electron chi connectivity index (χ1n) is 4.08. The van der Waals surface area contributed by atoms with Crippen molar-refractivity contribution >= 4 is 24.0 Å². The summed E-state index contributed by atoms with van der Waals surface area (Å²) in [6.45, 7) is -1.46. The smallest absolute Gasteiger partial charge is 0.289 e. The Bertz CT molecular complexity index is 342. The third kappa shape index (κ3) is 3.01. The third-order valence-electron chi connectivity index (χ3n) is 1.98. The average Bonchev–Trinajstić information content (AvgIpc) is 2.17. The summed E-state index contributed by atoms with van der Waals surface area (Å²) in [5.41, 5.74) is 4.66. The van der Waals surface area contributed by atoms with Gasteiger partial charge in [-0.1, -0.05) is 17.7 Å². The minimum Gasteiger partial charge on any atom is -0.390 e. The molecule has 92 valence electrons. The largest absolute Gasteiger partial charge is 0.390 e. The Morgan fingerprint density at radius 1 is 1.44 bits per heavy atom. The summed E-state index contributed by atoms with van der Waals surface area (Å²) in [5, 5.41) is 8.23. The molecule has 0 aliphatic rings. The Hall–Kier alpha value is -0.490. The van der Waals surface area contributed by atoms with Crippen LogP contribution in [0.25, 0.3) is 0 Å². The van der Waals surface area contributed by atoms with E-state index in [1.807, 2.05) is 0 Å². The van der Waals surface area contributed by atoms with E-state index in [4.69, 9.17) is 22.4 Å². The lowest BCUT2D eigenvalue weighted by Gasteiger charge is -2.22. The van der Waals surface area contributed by atoms with Gasteiger partial charge in [0.2, 0.25) is 0 Å². The molecule has 0 bridgehead atoms. The molecule has 0 radical (unpaired) electrons. The number of aliphatic hydroxyl groups is 1. The van der Waals surface area contributed by atoms with Crippen molar-refractivity contribution in [3.63, 3.8) is 0 Å². The second-order valence-electron chi connectivity index (χ2n) is 3.03. The van der Waals surface area contributed by atoms with Crippen LogP contribution in [-0.2, 0) is 0 Å². The third-order valence-corrected chi connectivity index (χ3v) is 2.31. The number of hydrogen-bond acceptors (Lipinski definition) is 2. The number of alkyl halides is 2. The molecule has 1 atom stereocenters. The topological polar surface area (TPSA) is 46.2 Å². The molecule has 0 aliphatic carbocycles. The summed E-state index contributed by atoms with van der Waals surface area (Å²) in [4.78, 5) is 0. The van der Waals surface area contributed by atoms with Crippen molar-refractivity contribution in [2.45, 2.75) is 12.0 Å². The summed E-state index contributed by atoms with van der Waals surface area (Å²) in [5.74, 6) is -4.52. The maximum absolute atomic E-state index is 13.2. The fourth-order valence-corrected chi connectivity index (χ4v) is 1.40. The average molecular weight is 276 g/mol.